The van der Waals surface area contributed by atoms with Crippen molar-refractivity contribution in [2.75, 3.05) is 59.5 Å². The van der Waals surface area contributed by atoms with E-state index in [9.17, 15) is 9.59 Å². The second-order valence-electron chi connectivity index (χ2n) is 8.50. The molecule has 1 aromatic heterocycles. The van der Waals surface area contributed by atoms with Crippen LogP contribution in [0.15, 0.2) is 16.8 Å². The van der Waals surface area contributed by atoms with Gasteiger partial charge >= 0.3 is 0 Å². The van der Waals surface area contributed by atoms with Gasteiger partial charge in [-0.05, 0) is 37.6 Å². The minimum absolute atomic E-state index is 0.0207. The van der Waals surface area contributed by atoms with Gasteiger partial charge in [0.1, 0.15) is 0 Å². The molecule has 0 N–H and O–H groups in total. The van der Waals surface area contributed by atoms with E-state index >= 15 is 0 Å². The molecule has 6 nitrogen and oxygen atoms in total. The van der Waals surface area contributed by atoms with E-state index in [0.29, 0.717) is 12.5 Å². The molecule has 3 aliphatic heterocycles. The Morgan fingerprint density at radius 1 is 1.21 bits per heavy atom. The molecule has 3 aliphatic rings. The fraction of sp³-hybridized carbons (Fsp3) is 0.714. The number of carbonyl (C=O) groups is 2. The minimum Gasteiger partial charge on any atom is -0.383 e. The first-order valence-corrected chi connectivity index (χ1v) is 11.3. The summed E-state index contributed by atoms with van der Waals surface area (Å²) in [5, 5.41) is 3.88. The predicted octanol–water partition coefficient (Wildman–Crippen LogP) is 2.17. The maximum Gasteiger partial charge on any atom is 0.254 e. The van der Waals surface area contributed by atoms with Crippen LogP contribution in [0.2, 0.25) is 0 Å². The molecule has 0 saturated carbocycles. The number of amides is 2. The molecule has 0 aromatic carbocycles. The van der Waals surface area contributed by atoms with Crippen LogP contribution in [0.25, 0.3) is 0 Å². The maximum absolute atomic E-state index is 13.4. The van der Waals surface area contributed by atoms with Crippen molar-refractivity contribution in [2.24, 2.45) is 10.8 Å². The van der Waals surface area contributed by atoms with Crippen LogP contribution >= 0.6 is 11.3 Å². The Morgan fingerprint density at radius 3 is 2.61 bits per heavy atom. The fourth-order valence-corrected chi connectivity index (χ4v) is 6.31. The van der Waals surface area contributed by atoms with Gasteiger partial charge in [-0.25, -0.2) is 0 Å². The van der Waals surface area contributed by atoms with Gasteiger partial charge in [0.2, 0.25) is 5.91 Å². The summed E-state index contributed by atoms with van der Waals surface area (Å²) in [7, 11) is 1.73. The molecule has 3 fully saturated rings. The highest BCUT2D eigenvalue weighted by atomic mass is 32.1. The average Bonchev–Trinajstić information content (AvgIpc) is 3.42. The lowest BCUT2D eigenvalue weighted by atomic mass is 9.60. The highest BCUT2D eigenvalue weighted by molar-refractivity contribution is 7.08. The lowest BCUT2D eigenvalue weighted by molar-refractivity contribution is -0.141. The summed E-state index contributed by atoms with van der Waals surface area (Å²) < 4.78 is 5.30. The predicted molar refractivity (Wildman–Crippen MR) is 110 cm³/mol. The highest BCUT2D eigenvalue weighted by Gasteiger charge is 2.64. The van der Waals surface area contributed by atoms with Gasteiger partial charge in [-0.2, -0.15) is 11.3 Å². The van der Waals surface area contributed by atoms with Gasteiger partial charge in [0.25, 0.3) is 5.91 Å². The zero-order chi connectivity index (χ0) is 19.8. The van der Waals surface area contributed by atoms with Gasteiger partial charge in [0.15, 0.2) is 0 Å². The average molecular weight is 406 g/mol. The molecule has 1 aromatic rings. The van der Waals surface area contributed by atoms with Gasteiger partial charge in [-0.15, -0.1) is 0 Å². The van der Waals surface area contributed by atoms with Gasteiger partial charge in [-0.1, -0.05) is 0 Å². The van der Waals surface area contributed by atoms with Crippen LogP contribution in [0.5, 0.6) is 0 Å². The molecule has 0 aliphatic carbocycles. The molecule has 0 bridgehead atoms. The Labute approximate surface area is 171 Å². The second-order valence-corrected chi connectivity index (χ2v) is 9.28. The number of methoxy groups -OCH3 is 1. The summed E-state index contributed by atoms with van der Waals surface area (Å²) in [5.41, 5.74) is 0.486. The summed E-state index contributed by atoms with van der Waals surface area (Å²) in [6.07, 6.45) is 2.77. The Balaban J connectivity index is 1.54. The number of hydrogen-bond donors (Lipinski definition) is 0. The van der Waals surface area contributed by atoms with Crippen LogP contribution in [0.1, 0.15) is 36.5 Å². The third-order valence-corrected chi connectivity index (χ3v) is 7.99. The third kappa shape index (κ3) is 3.08. The molecule has 4 rings (SSSR count). The van der Waals surface area contributed by atoms with Crippen LogP contribution in [0.3, 0.4) is 0 Å². The minimum atomic E-state index is -0.283. The molecule has 4 heterocycles. The van der Waals surface area contributed by atoms with Gasteiger partial charge in [0.05, 0.1) is 17.6 Å². The monoisotopic (exact) mass is 405 g/mol. The lowest BCUT2D eigenvalue weighted by Crippen LogP contribution is -2.53. The lowest BCUT2D eigenvalue weighted by Gasteiger charge is -2.47. The smallest absolute Gasteiger partial charge is 0.254 e. The number of piperidine rings is 1. The summed E-state index contributed by atoms with van der Waals surface area (Å²) in [4.78, 5) is 32.7. The summed E-state index contributed by atoms with van der Waals surface area (Å²) in [5.74, 6) is 0.472. The van der Waals surface area contributed by atoms with E-state index in [-0.39, 0.29) is 16.7 Å². The first kappa shape index (κ1) is 19.9. The number of likely N-dealkylation sites (tertiary alicyclic amines) is 3. The molecule has 154 valence electrons. The first-order valence-electron chi connectivity index (χ1n) is 10.4. The van der Waals surface area contributed by atoms with Crippen molar-refractivity contribution in [1.82, 2.24) is 14.7 Å². The van der Waals surface area contributed by atoms with E-state index in [0.717, 1.165) is 70.6 Å². The van der Waals surface area contributed by atoms with E-state index < -0.39 is 0 Å². The first-order chi connectivity index (χ1) is 13.5. The van der Waals surface area contributed by atoms with Crippen LogP contribution in [0.4, 0.5) is 0 Å². The Morgan fingerprint density at radius 2 is 2.00 bits per heavy atom. The summed E-state index contributed by atoms with van der Waals surface area (Å²) in [6.45, 7) is 8.57. The highest BCUT2D eigenvalue weighted by Crippen LogP contribution is 2.57. The van der Waals surface area contributed by atoms with Crippen molar-refractivity contribution >= 4 is 23.2 Å². The Hall–Kier alpha value is -1.44. The van der Waals surface area contributed by atoms with Gasteiger partial charge < -0.3 is 14.5 Å². The van der Waals surface area contributed by atoms with Crippen LogP contribution in [-0.2, 0) is 9.53 Å². The molecular formula is C21H31N3O3S. The zero-order valence-corrected chi connectivity index (χ0v) is 17.8. The number of rotatable bonds is 5. The van der Waals surface area contributed by atoms with Gasteiger partial charge in [-0.3, -0.25) is 14.5 Å². The number of fused-ring (bicyclic) bond motifs is 1. The van der Waals surface area contributed by atoms with E-state index in [1.165, 1.54) is 0 Å². The topological polar surface area (TPSA) is 53.1 Å². The Kier molecular flexibility index (Phi) is 5.51. The SMILES string of the molecule is CCN1CC[C@@]2(CN(CCOC)CC23CCN(C(=O)c2ccsc2)CC3)C1=O. The van der Waals surface area contributed by atoms with Crippen molar-refractivity contribution in [2.45, 2.75) is 26.2 Å². The molecule has 0 unspecified atom stereocenters. The molecule has 0 radical (unpaired) electrons. The molecule has 1 atom stereocenters. The third-order valence-electron chi connectivity index (χ3n) is 7.31. The molecule has 28 heavy (non-hydrogen) atoms. The standard InChI is InChI=1S/C21H31N3O3S/c1-3-23-10-7-21(19(23)26)16-22(11-12-27-2)15-20(21)5-8-24(9-6-20)18(25)17-4-13-28-14-17/h4,13-14H,3,5-12,15-16H2,1-2H3/t21-/m1/s1. The van der Waals surface area contributed by atoms with Crippen molar-refractivity contribution in [1.29, 1.82) is 0 Å². The molecule has 7 heteroatoms. The quantitative estimate of drug-likeness (QED) is 0.753. The van der Waals surface area contributed by atoms with Crippen molar-refractivity contribution < 1.29 is 14.3 Å². The number of nitrogens with zero attached hydrogens (tertiary/aromatic N) is 3. The number of thiophene rings is 1. The van der Waals surface area contributed by atoms with Crippen LogP contribution in [0, 0.1) is 10.8 Å². The molecule has 2 amide bonds. The van der Waals surface area contributed by atoms with E-state index in [1.807, 2.05) is 26.6 Å². The molecular weight excluding hydrogens is 374 g/mol. The van der Waals surface area contributed by atoms with E-state index in [2.05, 4.69) is 11.8 Å². The normalized spacial score (nSPS) is 27.4. The number of hydrogen-bond acceptors (Lipinski definition) is 5. The van der Waals surface area contributed by atoms with Crippen molar-refractivity contribution in [3.63, 3.8) is 0 Å². The van der Waals surface area contributed by atoms with Crippen molar-refractivity contribution in [3.05, 3.63) is 22.4 Å². The van der Waals surface area contributed by atoms with Crippen LogP contribution in [-0.4, -0.2) is 86.0 Å². The van der Waals surface area contributed by atoms with Crippen molar-refractivity contribution in [3.8, 4) is 0 Å². The fourth-order valence-electron chi connectivity index (χ4n) is 5.68. The van der Waals surface area contributed by atoms with E-state index in [1.54, 1.807) is 18.4 Å². The molecule has 3 saturated heterocycles. The summed E-state index contributed by atoms with van der Waals surface area (Å²) >= 11 is 1.56. The molecule has 2 spiro atoms. The second kappa shape index (κ2) is 7.76. The van der Waals surface area contributed by atoms with Gasteiger partial charge in [0, 0.05) is 63.7 Å². The van der Waals surface area contributed by atoms with E-state index in [4.69, 9.17) is 4.74 Å². The zero-order valence-electron chi connectivity index (χ0n) is 17.0. The maximum atomic E-state index is 13.4. The number of ether oxygens (including phenoxy) is 1. The number of carbonyl (C=O) groups excluding carboxylic acids is 2. The summed E-state index contributed by atoms with van der Waals surface area (Å²) in [6, 6.07) is 1.90. The largest absolute Gasteiger partial charge is 0.383 e. The van der Waals surface area contributed by atoms with Crippen LogP contribution < -0.4 is 0 Å². The Bertz CT molecular complexity index is 714.